The summed E-state index contributed by atoms with van der Waals surface area (Å²) in [5, 5.41) is 9.43. The largest absolute Gasteiger partial charge is 0.478 e. The maximum Gasteiger partial charge on any atom is 0.335 e. The van der Waals surface area contributed by atoms with E-state index >= 15 is 0 Å². The van der Waals surface area contributed by atoms with Gasteiger partial charge in [-0.15, -0.1) is 0 Å². The lowest BCUT2D eigenvalue weighted by molar-refractivity contribution is 0.0696. The molecule has 0 unspecified atom stereocenters. The molecule has 0 saturated heterocycles. The summed E-state index contributed by atoms with van der Waals surface area (Å²) in [5.41, 5.74) is 3.31. The minimum Gasteiger partial charge on any atom is -0.478 e. The molecule has 1 aliphatic rings. The monoisotopic (exact) mass is 305 g/mol. The van der Waals surface area contributed by atoms with Gasteiger partial charge in [0.1, 0.15) is 5.82 Å². The number of rotatable bonds is 3. The second kappa shape index (κ2) is 5.47. The Bertz CT molecular complexity index is 717. The lowest BCUT2D eigenvalue weighted by atomic mass is 10.1. The van der Waals surface area contributed by atoms with E-state index in [0.29, 0.717) is 23.7 Å². The van der Waals surface area contributed by atoms with E-state index in [1.165, 1.54) is 12.1 Å². The van der Waals surface area contributed by atoms with Crippen LogP contribution in [-0.2, 0) is 19.6 Å². The van der Waals surface area contributed by atoms with Gasteiger partial charge < -0.3 is 5.11 Å². The Balaban J connectivity index is 1.77. The Labute approximate surface area is 126 Å². The Morgan fingerprint density at radius 3 is 2.67 bits per heavy atom. The second-order valence-electron chi connectivity index (χ2n) is 5.17. The van der Waals surface area contributed by atoms with E-state index in [2.05, 4.69) is 4.90 Å². The van der Waals surface area contributed by atoms with Crippen LogP contribution >= 0.6 is 11.6 Å². The van der Waals surface area contributed by atoms with Gasteiger partial charge in [-0.1, -0.05) is 23.7 Å². The molecule has 2 aromatic carbocycles. The first kappa shape index (κ1) is 14.0. The summed E-state index contributed by atoms with van der Waals surface area (Å²) in [7, 11) is 0. The molecule has 0 fully saturated rings. The van der Waals surface area contributed by atoms with Crippen molar-refractivity contribution in [3.63, 3.8) is 0 Å². The minimum absolute atomic E-state index is 0.301. The number of benzene rings is 2. The topological polar surface area (TPSA) is 40.5 Å². The lowest BCUT2D eigenvalue weighted by Gasteiger charge is -2.15. The highest BCUT2D eigenvalue weighted by molar-refractivity contribution is 6.31. The van der Waals surface area contributed by atoms with E-state index in [4.69, 9.17) is 16.7 Å². The molecular weight excluding hydrogens is 293 g/mol. The zero-order valence-corrected chi connectivity index (χ0v) is 11.9. The fourth-order valence-corrected chi connectivity index (χ4v) is 2.83. The third-order valence-electron chi connectivity index (χ3n) is 3.65. The molecule has 0 radical (unpaired) electrons. The maximum absolute atomic E-state index is 13.0. The maximum atomic E-state index is 13.0. The average molecular weight is 306 g/mol. The molecular formula is C16H13ClFNO2. The zero-order chi connectivity index (χ0) is 15.0. The number of carbonyl (C=O) groups is 1. The van der Waals surface area contributed by atoms with Crippen molar-refractivity contribution in [1.29, 1.82) is 0 Å². The fraction of sp³-hybridized carbons (Fsp3) is 0.188. The summed E-state index contributed by atoms with van der Waals surface area (Å²) in [6.45, 7) is 2.02. The van der Waals surface area contributed by atoms with E-state index in [1.807, 2.05) is 6.07 Å². The van der Waals surface area contributed by atoms with E-state index in [-0.39, 0.29) is 5.82 Å². The van der Waals surface area contributed by atoms with Crippen LogP contribution in [0.2, 0.25) is 5.02 Å². The van der Waals surface area contributed by atoms with Gasteiger partial charge in [-0.25, -0.2) is 9.18 Å². The van der Waals surface area contributed by atoms with E-state index < -0.39 is 5.97 Å². The summed E-state index contributed by atoms with van der Waals surface area (Å²) in [5.74, 6) is -1.27. The summed E-state index contributed by atoms with van der Waals surface area (Å²) >= 11 is 6.04. The molecule has 5 heteroatoms. The van der Waals surface area contributed by atoms with Gasteiger partial charge in [0, 0.05) is 24.7 Å². The van der Waals surface area contributed by atoms with Crippen LogP contribution in [0.4, 0.5) is 4.39 Å². The molecule has 0 aliphatic carbocycles. The molecule has 0 aromatic heterocycles. The molecule has 1 heterocycles. The van der Waals surface area contributed by atoms with Gasteiger partial charge in [0.25, 0.3) is 0 Å². The molecule has 108 valence electrons. The van der Waals surface area contributed by atoms with Crippen molar-refractivity contribution in [3.05, 3.63) is 69.5 Å². The van der Waals surface area contributed by atoms with Crippen LogP contribution in [0.15, 0.2) is 36.4 Å². The molecule has 0 bridgehead atoms. The van der Waals surface area contributed by atoms with Gasteiger partial charge in [-0.3, -0.25) is 4.90 Å². The fourth-order valence-electron chi connectivity index (χ4n) is 2.60. The lowest BCUT2D eigenvalue weighted by Crippen LogP contribution is -2.15. The van der Waals surface area contributed by atoms with Gasteiger partial charge >= 0.3 is 5.97 Å². The number of carboxylic acids is 1. The average Bonchev–Trinajstić information content (AvgIpc) is 2.83. The number of fused-ring (bicyclic) bond motifs is 1. The van der Waals surface area contributed by atoms with Gasteiger partial charge in [0.15, 0.2) is 0 Å². The molecule has 3 rings (SSSR count). The number of nitrogens with zero attached hydrogens (tertiary/aromatic N) is 1. The van der Waals surface area contributed by atoms with Crippen molar-refractivity contribution in [2.45, 2.75) is 19.6 Å². The van der Waals surface area contributed by atoms with Crippen molar-refractivity contribution in [3.8, 4) is 0 Å². The third-order valence-corrected chi connectivity index (χ3v) is 4.00. The molecule has 2 aromatic rings. The molecule has 0 atom stereocenters. The summed E-state index contributed by atoms with van der Waals surface area (Å²) in [6, 6.07) is 9.57. The minimum atomic E-state index is -0.919. The first-order chi connectivity index (χ1) is 10.0. The highest BCUT2D eigenvalue weighted by Gasteiger charge is 2.21. The summed E-state index contributed by atoms with van der Waals surface area (Å²) in [4.78, 5) is 13.1. The highest BCUT2D eigenvalue weighted by atomic mass is 35.5. The SMILES string of the molecule is O=C(O)c1ccc2c(c1)CN(Cc1ccc(F)cc1Cl)C2. The van der Waals surface area contributed by atoms with Crippen molar-refractivity contribution in [1.82, 2.24) is 4.90 Å². The van der Waals surface area contributed by atoms with E-state index in [9.17, 15) is 9.18 Å². The van der Waals surface area contributed by atoms with Crippen LogP contribution in [0.1, 0.15) is 27.0 Å². The molecule has 1 aliphatic heterocycles. The Hall–Kier alpha value is -1.91. The van der Waals surface area contributed by atoms with Gasteiger partial charge in [-0.05, 0) is 41.0 Å². The van der Waals surface area contributed by atoms with Gasteiger partial charge in [0.2, 0.25) is 0 Å². The standard InChI is InChI=1S/C16H13ClFNO2/c17-15-6-14(18)4-3-12(15)8-19-7-11-2-1-10(16(20)21)5-13(11)9-19/h1-6H,7-9H2,(H,20,21). The normalized spacial score (nSPS) is 14.2. The first-order valence-corrected chi connectivity index (χ1v) is 6.92. The van der Waals surface area contributed by atoms with Crippen LogP contribution in [0, 0.1) is 5.82 Å². The Kier molecular flexibility index (Phi) is 3.66. The van der Waals surface area contributed by atoms with Crippen molar-refractivity contribution in [2.75, 3.05) is 0 Å². The molecule has 0 amide bonds. The number of carboxylic acid groups (broad SMARTS) is 1. The molecule has 1 N–H and O–H groups in total. The molecule has 0 saturated carbocycles. The summed E-state index contributed by atoms with van der Waals surface area (Å²) in [6.07, 6.45) is 0. The van der Waals surface area contributed by atoms with Crippen LogP contribution in [-0.4, -0.2) is 16.0 Å². The van der Waals surface area contributed by atoms with Gasteiger partial charge in [-0.2, -0.15) is 0 Å². The summed E-state index contributed by atoms with van der Waals surface area (Å²) < 4.78 is 13.0. The molecule has 0 spiro atoms. The quantitative estimate of drug-likeness (QED) is 0.940. The van der Waals surface area contributed by atoms with Crippen molar-refractivity contribution in [2.24, 2.45) is 0 Å². The number of aromatic carboxylic acids is 1. The second-order valence-corrected chi connectivity index (χ2v) is 5.58. The van der Waals surface area contributed by atoms with Gasteiger partial charge in [0.05, 0.1) is 5.56 Å². The third kappa shape index (κ3) is 2.91. The molecule has 3 nitrogen and oxygen atoms in total. The first-order valence-electron chi connectivity index (χ1n) is 6.54. The number of hydrogen-bond acceptors (Lipinski definition) is 2. The highest BCUT2D eigenvalue weighted by Crippen LogP contribution is 2.27. The number of hydrogen-bond donors (Lipinski definition) is 1. The number of halogens is 2. The predicted octanol–water partition coefficient (Wildman–Crippen LogP) is 3.69. The predicted molar refractivity (Wildman–Crippen MR) is 77.8 cm³/mol. The molecule has 21 heavy (non-hydrogen) atoms. The van der Waals surface area contributed by atoms with E-state index in [1.54, 1.807) is 18.2 Å². The van der Waals surface area contributed by atoms with Crippen LogP contribution in [0.3, 0.4) is 0 Å². The Morgan fingerprint density at radius 1 is 1.19 bits per heavy atom. The van der Waals surface area contributed by atoms with Crippen LogP contribution in [0.25, 0.3) is 0 Å². The van der Waals surface area contributed by atoms with E-state index in [0.717, 1.165) is 23.2 Å². The van der Waals surface area contributed by atoms with Crippen molar-refractivity contribution >= 4 is 17.6 Å². The van der Waals surface area contributed by atoms with Crippen molar-refractivity contribution < 1.29 is 14.3 Å². The van der Waals surface area contributed by atoms with Crippen LogP contribution in [0.5, 0.6) is 0 Å². The Morgan fingerprint density at radius 2 is 1.95 bits per heavy atom. The van der Waals surface area contributed by atoms with Crippen LogP contribution < -0.4 is 0 Å². The smallest absolute Gasteiger partial charge is 0.335 e. The zero-order valence-electron chi connectivity index (χ0n) is 11.1.